The van der Waals surface area contributed by atoms with E-state index in [1.807, 2.05) is 51.5 Å². The van der Waals surface area contributed by atoms with Gasteiger partial charge in [-0.3, -0.25) is 34.2 Å². The molecule has 0 saturated carbocycles. The standard InChI is InChI=1S/C47H61N15O6S2/c1-7-32-40(69-28(4)53-32)45(66)56-47-61(39-36(25-31(42(49)64)26-37(39)70-47)68-21-11-16-59-19-12-29(13-20-59)43(57-50)52-15-14-51-5)18-10-9-17-60-38-33(23-30(41(48)63)24-35(38)67-6)54-46(60)55-44(65)34-22-27(3)58-62(34)8-2/h9-10,22-26,29,51H,7-8,11-21,50H2,1-6H3,(H2,48,63)(H2,49,64)(H,52,57)(H,54,55,65)/b10-9+,56-47?. The number of nitrogens with one attached hydrogen (secondary N) is 3. The highest BCUT2D eigenvalue weighted by Crippen LogP contribution is 2.33. The van der Waals surface area contributed by atoms with E-state index in [0.29, 0.717) is 92.0 Å². The minimum Gasteiger partial charge on any atom is -0.494 e. The van der Waals surface area contributed by atoms with Gasteiger partial charge in [0.25, 0.3) is 11.8 Å². The normalized spacial score (nSPS) is 14.0. The van der Waals surface area contributed by atoms with Gasteiger partial charge in [-0.05, 0) is 96.9 Å². The number of carbonyl (C=O) groups excluding carboxylic acids is 4. The molecule has 1 fully saturated rings. The summed E-state index contributed by atoms with van der Waals surface area (Å²) in [7, 11) is 3.37. The van der Waals surface area contributed by atoms with Gasteiger partial charge in [0.05, 0.1) is 46.9 Å². The van der Waals surface area contributed by atoms with Crippen LogP contribution >= 0.6 is 22.7 Å². The molecule has 70 heavy (non-hydrogen) atoms. The van der Waals surface area contributed by atoms with Gasteiger partial charge in [0.1, 0.15) is 38.9 Å². The lowest BCUT2D eigenvalue weighted by atomic mass is 9.95. The molecule has 21 nitrogen and oxygen atoms in total. The molecule has 0 unspecified atom stereocenters. The molecule has 372 valence electrons. The molecule has 0 radical (unpaired) electrons. The van der Waals surface area contributed by atoms with Gasteiger partial charge >= 0.3 is 0 Å². The minimum atomic E-state index is -0.664. The van der Waals surface area contributed by atoms with Crippen molar-refractivity contribution in [2.75, 3.05) is 58.8 Å². The Labute approximate surface area is 412 Å². The summed E-state index contributed by atoms with van der Waals surface area (Å²) in [5.41, 5.74) is 18.0. The molecule has 0 spiro atoms. The molecular formula is C47H61N15O6S2. The Hall–Kier alpha value is -6.79. The number of rotatable bonds is 21. The number of thiazole rings is 2. The van der Waals surface area contributed by atoms with Crippen LogP contribution in [0.2, 0.25) is 0 Å². The molecule has 9 N–H and O–H groups in total. The number of nitrogens with two attached hydrogens (primary N) is 3. The summed E-state index contributed by atoms with van der Waals surface area (Å²) in [6.07, 6.45) is 6.91. The third kappa shape index (κ3) is 11.6. The number of piperidine rings is 1. The fraction of sp³-hybridized carbons (Fsp3) is 0.426. The predicted molar refractivity (Wildman–Crippen MR) is 272 cm³/mol. The largest absolute Gasteiger partial charge is 0.494 e. The van der Waals surface area contributed by atoms with Crippen LogP contribution < -0.4 is 47.6 Å². The molecule has 0 aliphatic carbocycles. The number of likely N-dealkylation sites (tertiary alicyclic amines) is 1. The third-order valence-corrected chi connectivity index (χ3v) is 13.9. The summed E-state index contributed by atoms with van der Waals surface area (Å²) >= 11 is 2.54. The molecule has 4 amide bonds. The lowest BCUT2D eigenvalue weighted by Crippen LogP contribution is -2.43. The van der Waals surface area contributed by atoms with Crippen LogP contribution in [-0.2, 0) is 26.1 Å². The van der Waals surface area contributed by atoms with E-state index in [4.69, 9.17) is 31.8 Å². The van der Waals surface area contributed by atoms with Crippen LogP contribution in [0.15, 0.2) is 52.5 Å². The molecule has 7 rings (SSSR count). The number of benzene rings is 2. The zero-order valence-electron chi connectivity index (χ0n) is 40.3. The number of amides is 4. The molecule has 5 heterocycles. The van der Waals surface area contributed by atoms with E-state index in [9.17, 15) is 19.2 Å². The number of likely N-dealkylation sites (N-methyl/N-ethyl adjacent to an activating group) is 1. The van der Waals surface area contributed by atoms with Gasteiger partial charge in [-0.1, -0.05) is 30.4 Å². The molecule has 23 heteroatoms. The number of aryl methyl sites for hydroxylation is 4. The van der Waals surface area contributed by atoms with Crippen LogP contribution in [0.3, 0.4) is 0 Å². The van der Waals surface area contributed by atoms with Crippen molar-refractivity contribution in [1.82, 2.24) is 44.5 Å². The molecule has 1 saturated heterocycles. The molecular weight excluding hydrogens is 935 g/mol. The van der Waals surface area contributed by atoms with Crippen molar-refractivity contribution in [2.45, 2.75) is 73.0 Å². The molecule has 1 aliphatic rings. The predicted octanol–water partition coefficient (Wildman–Crippen LogP) is 3.92. The number of allylic oxidation sites excluding steroid dienone is 2. The Bertz CT molecular complexity index is 3020. The van der Waals surface area contributed by atoms with Gasteiger partial charge < -0.3 is 45.7 Å². The van der Waals surface area contributed by atoms with Crippen molar-refractivity contribution < 1.29 is 28.7 Å². The first-order valence-corrected chi connectivity index (χ1v) is 24.8. The summed E-state index contributed by atoms with van der Waals surface area (Å²) < 4.78 is 18.2. The number of aliphatic imine (C=N–C) groups is 1. The zero-order valence-corrected chi connectivity index (χ0v) is 42.0. The number of methoxy groups -OCH3 is 1. The van der Waals surface area contributed by atoms with E-state index in [2.05, 4.69) is 41.0 Å². The van der Waals surface area contributed by atoms with E-state index in [1.165, 1.54) is 35.8 Å². The Kier molecular flexibility index (Phi) is 16.9. The fourth-order valence-electron chi connectivity index (χ4n) is 8.47. The Morgan fingerprint density at radius 1 is 0.929 bits per heavy atom. The first kappa shape index (κ1) is 51.1. The van der Waals surface area contributed by atoms with Crippen molar-refractivity contribution in [1.29, 1.82) is 0 Å². The van der Waals surface area contributed by atoms with E-state index in [-0.39, 0.29) is 36.1 Å². The fourth-order valence-corrected chi connectivity index (χ4v) is 10.5. The number of carbonyl (C=O) groups is 4. The third-order valence-electron chi connectivity index (χ3n) is 11.9. The highest BCUT2D eigenvalue weighted by molar-refractivity contribution is 7.16. The van der Waals surface area contributed by atoms with Crippen LogP contribution in [-0.4, -0.2) is 117 Å². The number of hydrogen-bond donors (Lipinski definition) is 6. The van der Waals surface area contributed by atoms with Gasteiger partial charge in [-0.2, -0.15) is 10.1 Å². The number of imidazole rings is 1. The average Bonchev–Trinajstić information content (AvgIpc) is 4.12. The van der Waals surface area contributed by atoms with Gasteiger partial charge in [0.2, 0.25) is 17.8 Å². The molecule has 1 aliphatic heterocycles. The first-order chi connectivity index (χ1) is 33.8. The van der Waals surface area contributed by atoms with Crippen molar-refractivity contribution in [2.24, 2.45) is 33.2 Å². The number of anilines is 1. The van der Waals surface area contributed by atoms with Crippen LogP contribution in [0.5, 0.6) is 11.5 Å². The van der Waals surface area contributed by atoms with E-state index < -0.39 is 23.6 Å². The SMILES string of the molecule is CCc1nc(C)sc1C(=O)N=c1sc2cc(C(N)=O)cc(OCCCN3CCC(C(=NCCNC)NN)CC3)c2n1C/C=C/Cn1c(NC(=O)c2cc(C)nn2CC)nc2cc(C(N)=O)cc(OC)c21. The van der Waals surface area contributed by atoms with Gasteiger partial charge in [-0.25, -0.2) is 15.8 Å². The number of ether oxygens (including phenoxy) is 2. The second-order valence-corrected chi connectivity index (χ2v) is 18.9. The molecule has 0 bridgehead atoms. The lowest BCUT2D eigenvalue weighted by molar-refractivity contribution is 0.0991. The number of amidine groups is 1. The maximum absolute atomic E-state index is 14.0. The highest BCUT2D eigenvalue weighted by atomic mass is 32.1. The first-order valence-electron chi connectivity index (χ1n) is 23.2. The van der Waals surface area contributed by atoms with Crippen LogP contribution in [0.4, 0.5) is 5.95 Å². The van der Waals surface area contributed by atoms with Gasteiger partial charge in [-0.15, -0.1) is 11.3 Å². The summed E-state index contributed by atoms with van der Waals surface area (Å²) in [6.45, 7) is 12.7. The number of fused-ring (bicyclic) bond motifs is 2. The number of nitrogens with zero attached hydrogens (tertiary/aromatic N) is 9. The molecule has 6 aromatic rings. The van der Waals surface area contributed by atoms with Crippen molar-refractivity contribution >= 4 is 79.3 Å². The summed E-state index contributed by atoms with van der Waals surface area (Å²) in [5.74, 6) is 5.74. The Morgan fingerprint density at radius 2 is 1.64 bits per heavy atom. The number of hydrazine groups is 1. The van der Waals surface area contributed by atoms with E-state index in [0.717, 1.165) is 49.9 Å². The van der Waals surface area contributed by atoms with Crippen molar-refractivity contribution in [3.05, 3.63) is 85.4 Å². The second-order valence-electron chi connectivity index (χ2n) is 16.7. The number of primary amides is 2. The second kappa shape index (κ2) is 23.2. The molecule has 4 aromatic heterocycles. The summed E-state index contributed by atoms with van der Waals surface area (Å²) in [4.78, 5) is 74.6. The van der Waals surface area contributed by atoms with Gasteiger partial charge in [0, 0.05) is 49.8 Å². The van der Waals surface area contributed by atoms with Crippen molar-refractivity contribution in [3.8, 4) is 11.5 Å². The van der Waals surface area contributed by atoms with E-state index >= 15 is 0 Å². The lowest BCUT2D eigenvalue weighted by Gasteiger charge is -2.32. The quantitative estimate of drug-likeness (QED) is 0.0149. The number of hydrogen-bond acceptors (Lipinski definition) is 15. The zero-order chi connectivity index (χ0) is 50.1. The smallest absolute Gasteiger partial charge is 0.291 e. The Morgan fingerprint density at radius 3 is 2.31 bits per heavy atom. The van der Waals surface area contributed by atoms with Crippen LogP contribution in [0, 0.1) is 19.8 Å². The molecule has 0 atom stereocenters. The van der Waals surface area contributed by atoms with Gasteiger partial charge in [0.15, 0.2) is 4.80 Å². The minimum absolute atomic E-state index is 0.179. The summed E-state index contributed by atoms with van der Waals surface area (Å²) in [5, 5.41) is 11.2. The number of aromatic nitrogens is 6. The summed E-state index contributed by atoms with van der Waals surface area (Å²) in [6, 6.07) is 8.10. The topological polar surface area (TPSA) is 282 Å². The maximum atomic E-state index is 14.0. The van der Waals surface area contributed by atoms with E-state index in [1.54, 1.807) is 33.5 Å². The maximum Gasteiger partial charge on any atom is 0.291 e. The average molecular weight is 996 g/mol. The van der Waals surface area contributed by atoms with Crippen LogP contribution in [0.1, 0.15) is 90.4 Å². The van der Waals surface area contributed by atoms with Crippen LogP contribution in [0.25, 0.3) is 21.3 Å². The van der Waals surface area contributed by atoms with Crippen molar-refractivity contribution in [3.63, 3.8) is 0 Å². The molecule has 2 aromatic carbocycles. The monoisotopic (exact) mass is 995 g/mol. The highest BCUT2D eigenvalue weighted by Gasteiger charge is 2.25. The Balaban J connectivity index is 1.20.